The van der Waals surface area contributed by atoms with Gasteiger partial charge in [0.15, 0.2) is 0 Å². The molecule has 1 aromatic heterocycles. The molecular formula is C52H35NO. The minimum absolute atomic E-state index is 0.861. The number of rotatable bonds is 7. The summed E-state index contributed by atoms with van der Waals surface area (Å²) in [5.74, 6) is 0.861. The van der Waals surface area contributed by atoms with E-state index in [0.29, 0.717) is 0 Å². The van der Waals surface area contributed by atoms with Crippen LogP contribution in [0.15, 0.2) is 217 Å². The van der Waals surface area contributed by atoms with Gasteiger partial charge in [-0.15, -0.1) is 0 Å². The maximum atomic E-state index is 6.68. The van der Waals surface area contributed by atoms with E-state index in [1.807, 2.05) is 6.07 Å². The summed E-state index contributed by atoms with van der Waals surface area (Å²) in [4.78, 5) is 2.35. The molecule has 2 heteroatoms. The van der Waals surface area contributed by atoms with Crippen molar-refractivity contribution in [1.29, 1.82) is 0 Å². The molecule has 0 radical (unpaired) electrons. The van der Waals surface area contributed by atoms with Gasteiger partial charge in [-0.1, -0.05) is 164 Å². The van der Waals surface area contributed by atoms with Crippen LogP contribution in [0, 0.1) is 0 Å². The van der Waals surface area contributed by atoms with Crippen LogP contribution in [0.4, 0.5) is 17.1 Å². The molecule has 0 aliphatic heterocycles. The molecule has 254 valence electrons. The minimum Gasteiger partial charge on any atom is -0.455 e. The molecule has 0 atom stereocenters. The Morgan fingerprint density at radius 2 is 0.907 bits per heavy atom. The topological polar surface area (TPSA) is 16.4 Å². The van der Waals surface area contributed by atoms with E-state index in [0.717, 1.165) is 50.5 Å². The number of nitrogens with zero attached hydrogens (tertiary/aromatic N) is 1. The van der Waals surface area contributed by atoms with E-state index < -0.39 is 0 Å². The standard InChI is InChI=1S/C52H35NO/c1-2-15-39(16-3-1)51-49-24-8-9-26-50(49)54-52(51)43-20-11-22-46(35-43)53(44-31-29-37(30-32-44)41-28-27-36-13-4-5-17-40(36)33-41)45-21-10-19-42(34-45)48-25-12-18-38-14-6-7-23-47(38)48/h1-35H. The fourth-order valence-electron chi connectivity index (χ4n) is 7.84. The minimum atomic E-state index is 0.861. The van der Waals surface area contributed by atoms with Gasteiger partial charge in [0.05, 0.1) is 0 Å². The lowest BCUT2D eigenvalue weighted by Gasteiger charge is -2.27. The Bertz CT molecular complexity index is 2930. The molecule has 0 fully saturated rings. The molecular weight excluding hydrogens is 655 g/mol. The Morgan fingerprint density at radius 1 is 0.315 bits per heavy atom. The average Bonchev–Trinajstić information content (AvgIpc) is 3.64. The lowest BCUT2D eigenvalue weighted by Crippen LogP contribution is -2.10. The zero-order valence-corrected chi connectivity index (χ0v) is 29.6. The second kappa shape index (κ2) is 13.4. The van der Waals surface area contributed by atoms with Crippen molar-refractivity contribution in [2.24, 2.45) is 0 Å². The summed E-state index contributed by atoms with van der Waals surface area (Å²) >= 11 is 0. The van der Waals surface area contributed by atoms with Crippen molar-refractivity contribution in [3.8, 4) is 44.7 Å². The van der Waals surface area contributed by atoms with Crippen LogP contribution < -0.4 is 4.90 Å². The summed E-state index contributed by atoms with van der Waals surface area (Å²) in [5, 5.41) is 6.06. The third kappa shape index (κ3) is 5.71. The molecule has 0 bridgehead atoms. The molecule has 0 N–H and O–H groups in total. The van der Waals surface area contributed by atoms with Crippen LogP contribution in [0.1, 0.15) is 0 Å². The highest BCUT2D eigenvalue weighted by Crippen LogP contribution is 2.44. The molecule has 9 aromatic carbocycles. The van der Waals surface area contributed by atoms with E-state index in [9.17, 15) is 0 Å². The summed E-state index contributed by atoms with van der Waals surface area (Å²) in [6.07, 6.45) is 0. The summed E-state index contributed by atoms with van der Waals surface area (Å²) in [6, 6.07) is 75.8. The molecule has 0 unspecified atom stereocenters. The normalized spacial score (nSPS) is 11.3. The molecule has 0 spiro atoms. The zero-order valence-electron chi connectivity index (χ0n) is 29.6. The first-order valence-corrected chi connectivity index (χ1v) is 18.4. The SMILES string of the molecule is c1ccc(-c2c(-c3cccc(N(c4ccc(-c5ccc6ccccc6c5)cc4)c4cccc(-c5cccc6ccccc56)c4)c3)oc3ccccc23)cc1. The van der Waals surface area contributed by atoms with Crippen LogP contribution in [0.5, 0.6) is 0 Å². The number of anilines is 3. The van der Waals surface area contributed by atoms with E-state index in [1.54, 1.807) is 0 Å². The zero-order chi connectivity index (χ0) is 35.8. The predicted molar refractivity (Wildman–Crippen MR) is 228 cm³/mol. The number of furan rings is 1. The quantitative estimate of drug-likeness (QED) is 0.166. The third-order valence-corrected chi connectivity index (χ3v) is 10.4. The van der Waals surface area contributed by atoms with Gasteiger partial charge in [0.2, 0.25) is 0 Å². The maximum Gasteiger partial charge on any atom is 0.143 e. The first-order valence-electron chi connectivity index (χ1n) is 18.4. The highest BCUT2D eigenvalue weighted by atomic mass is 16.3. The van der Waals surface area contributed by atoms with Crippen molar-refractivity contribution in [3.63, 3.8) is 0 Å². The van der Waals surface area contributed by atoms with E-state index in [-0.39, 0.29) is 0 Å². The molecule has 0 amide bonds. The number of hydrogen-bond acceptors (Lipinski definition) is 2. The monoisotopic (exact) mass is 689 g/mol. The Balaban J connectivity index is 1.13. The van der Waals surface area contributed by atoms with Crippen LogP contribution in [-0.4, -0.2) is 0 Å². The largest absolute Gasteiger partial charge is 0.455 e. The molecule has 0 saturated carbocycles. The molecule has 54 heavy (non-hydrogen) atoms. The van der Waals surface area contributed by atoms with Gasteiger partial charge < -0.3 is 9.32 Å². The van der Waals surface area contributed by atoms with Crippen LogP contribution in [0.25, 0.3) is 77.2 Å². The van der Waals surface area contributed by atoms with Crippen molar-refractivity contribution in [1.82, 2.24) is 0 Å². The van der Waals surface area contributed by atoms with Crippen molar-refractivity contribution in [2.75, 3.05) is 4.90 Å². The number of fused-ring (bicyclic) bond motifs is 3. The fraction of sp³-hybridized carbons (Fsp3) is 0. The van der Waals surface area contributed by atoms with Crippen LogP contribution >= 0.6 is 0 Å². The molecule has 0 saturated heterocycles. The van der Waals surface area contributed by atoms with Crippen molar-refractivity contribution < 1.29 is 4.42 Å². The predicted octanol–water partition coefficient (Wildman–Crippen LogP) is 14.9. The number of hydrogen-bond donors (Lipinski definition) is 0. The lowest BCUT2D eigenvalue weighted by atomic mass is 9.97. The van der Waals surface area contributed by atoms with Gasteiger partial charge in [-0.2, -0.15) is 0 Å². The van der Waals surface area contributed by atoms with Gasteiger partial charge in [0, 0.05) is 33.6 Å². The van der Waals surface area contributed by atoms with Gasteiger partial charge in [-0.05, 0) is 97.9 Å². The summed E-state index contributed by atoms with van der Waals surface area (Å²) < 4.78 is 6.68. The number of para-hydroxylation sites is 1. The second-order valence-electron chi connectivity index (χ2n) is 13.7. The number of benzene rings is 9. The first-order chi connectivity index (χ1) is 26.8. The molecule has 10 rings (SSSR count). The van der Waals surface area contributed by atoms with Crippen LogP contribution in [0.2, 0.25) is 0 Å². The van der Waals surface area contributed by atoms with E-state index in [1.165, 1.54) is 43.8 Å². The smallest absolute Gasteiger partial charge is 0.143 e. The van der Waals surface area contributed by atoms with E-state index in [4.69, 9.17) is 4.42 Å². The lowest BCUT2D eigenvalue weighted by molar-refractivity contribution is 0.632. The van der Waals surface area contributed by atoms with Gasteiger partial charge >= 0.3 is 0 Å². The summed E-state index contributed by atoms with van der Waals surface area (Å²) in [7, 11) is 0. The van der Waals surface area contributed by atoms with Gasteiger partial charge in [-0.3, -0.25) is 0 Å². The van der Waals surface area contributed by atoms with Crippen molar-refractivity contribution in [2.45, 2.75) is 0 Å². The summed E-state index contributed by atoms with van der Waals surface area (Å²) in [6.45, 7) is 0. The van der Waals surface area contributed by atoms with Gasteiger partial charge in [0.1, 0.15) is 11.3 Å². The van der Waals surface area contributed by atoms with E-state index in [2.05, 4.69) is 211 Å². The Kier molecular flexibility index (Phi) is 7.85. The highest BCUT2D eigenvalue weighted by Gasteiger charge is 2.20. The maximum absolute atomic E-state index is 6.68. The summed E-state index contributed by atoms with van der Waals surface area (Å²) in [5.41, 5.74) is 12.1. The second-order valence-corrected chi connectivity index (χ2v) is 13.7. The molecule has 2 nitrogen and oxygen atoms in total. The first kappa shape index (κ1) is 31.6. The third-order valence-electron chi connectivity index (χ3n) is 10.4. The molecule has 1 heterocycles. The fourth-order valence-corrected chi connectivity index (χ4v) is 7.84. The Morgan fingerprint density at radius 3 is 1.72 bits per heavy atom. The van der Waals surface area contributed by atoms with Crippen LogP contribution in [-0.2, 0) is 0 Å². The van der Waals surface area contributed by atoms with Gasteiger partial charge in [0.25, 0.3) is 0 Å². The highest BCUT2D eigenvalue weighted by molar-refractivity contribution is 6.02. The van der Waals surface area contributed by atoms with Crippen molar-refractivity contribution >= 4 is 49.6 Å². The molecule has 10 aromatic rings. The average molecular weight is 690 g/mol. The Labute approximate surface area is 314 Å². The van der Waals surface area contributed by atoms with Gasteiger partial charge in [-0.25, -0.2) is 0 Å². The molecule has 0 aliphatic rings. The van der Waals surface area contributed by atoms with Crippen molar-refractivity contribution in [3.05, 3.63) is 212 Å². The Hall–Kier alpha value is -7.16. The van der Waals surface area contributed by atoms with E-state index >= 15 is 0 Å². The van der Waals surface area contributed by atoms with Crippen LogP contribution in [0.3, 0.4) is 0 Å². The molecule has 0 aliphatic carbocycles.